The first-order valence-corrected chi connectivity index (χ1v) is 9.65. The zero-order valence-electron chi connectivity index (χ0n) is 16.9. The largest absolute Gasteiger partial charge is 0.493 e. The Kier molecular flexibility index (Phi) is 7.08. The molecule has 0 atom stereocenters. The molecule has 0 unspecified atom stereocenters. The highest BCUT2D eigenvalue weighted by molar-refractivity contribution is 6.35. The number of nitrogens with one attached hydrogen (secondary N) is 1. The Hall–Kier alpha value is -3.06. The zero-order valence-corrected chi connectivity index (χ0v) is 16.9. The first-order valence-electron chi connectivity index (χ1n) is 9.65. The maximum atomic E-state index is 12.5. The van der Waals surface area contributed by atoms with Gasteiger partial charge in [0, 0.05) is 39.3 Å². The van der Waals surface area contributed by atoms with Gasteiger partial charge in [0.15, 0.2) is 11.5 Å². The van der Waals surface area contributed by atoms with Gasteiger partial charge >= 0.3 is 11.8 Å². The fourth-order valence-electron chi connectivity index (χ4n) is 3.34. The number of ether oxygens (including phenoxy) is 2. The third-order valence-corrected chi connectivity index (χ3v) is 5.00. The Morgan fingerprint density at radius 3 is 2.24 bits per heavy atom. The van der Waals surface area contributed by atoms with Crippen molar-refractivity contribution in [3.05, 3.63) is 59.7 Å². The number of carbonyl (C=O) groups is 2. The maximum absolute atomic E-state index is 12.5. The Labute approximate surface area is 171 Å². The van der Waals surface area contributed by atoms with Crippen LogP contribution in [0, 0.1) is 0 Å². The molecule has 0 aliphatic carbocycles. The zero-order chi connectivity index (χ0) is 20.6. The summed E-state index contributed by atoms with van der Waals surface area (Å²) in [6.07, 6.45) is 0. The molecule has 1 N–H and O–H groups in total. The molecule has 2 aromatic carbocycles. The molecular formula is C22H27N3O4. The van der Waals surface area contributed by atoms with E-state index in [1.54, 1.807) is 31.3 Å². The van der Waals surface area contributed by atoms with Crippen molar-refractivity contribution in [3.63, 3.8) is 0 Å². The molecule has 1 fully saturated rings. The Bertz CT molecular complexity index is 833. The molecule has 2 aromatic rings. The molecule has 1 aliphatic heterocycles. The molecule has 0 bridgehead atoms. The van der Waals surface area contributed by atoms with Gasteiger partial charge in [0.1, 0.15) is 0 Å². The Morgan fingerprint density at radius 2 is 1.59 bits per heavy atom. The number of nitrogens with zero attached hydrogens (tertiary/aromatic N) is 2. The summed E-state index contributed by atoms with van der Waals surface area (Å²) in [5, 5.41) is 2.70. The molecule has 0 spiro atoms. The molecule has 1 heterocycles. The number of methoxy groups -OCH3 is 2. The average molecular weight is 397 g/mol. The van der Waals surface area contributed by atoms with Gasteiger partial charge in [-0.2, -0.15) is 0 Å². The SMILES string of the molecule is COc1ccc(CNC(=O)C(=O)N2CCN(Cc3ccccc3)CC2)cc1OC. The van der Waals surface area contributed by atoms with Crippen LogP contribution in [-0.4, -0.2) is 62.0 Å². The van der Waals surface area contributed by atoms with Gasteiger partial charge in [0.05, 0.1) is 14.2 Å². The molecule has 29 heavy (non-hydrogen) atoms. The van der Waals surface area contributed by atoms with E-state index < -0.39 is 11.8 Å². The number of carbonyl (C=O) groups excluding carboxylic acids is 2. The van der Waals surface area contributed by atoms with Crippen molar-refractivity contribution < 1.29 is 19.1 Å². The molecule has 2 amide bonds. The maximum Gasteiger partial charge on any atom is 0.311 e. The van der Waals surface area contributed by atoms with Crippen molar-refractivity contribution in [1.82, 2.24) is 15.1 Å². The molecule has 7 nitrogen and oxygen atoms in total. The summed E-state index contributed by atoms with van der Waals surface area (Å²) in [6.45, 7) is 3.71. The van der Waals surface area contributed by atoms with E-state index in [0.29, 0.717) is 24.6 Å². The normalized spacial score (nSPS) is 14.3. The van der Waals surface area contributed by atoms with E-state index in [2.05, 4.69) is 22.3 Å². The highest BCUT2D eigenvalue weighted by atomic mass is 16.5. The highest BCUT2D eigenvalue weighted by Gasteiger charge is 2.25. The molecule has 154 valence electrons. The van der Waals surface area contributed by atoms with E-state index in [9.17, 15) is 9.59 Å². The lowest BCUT2D eigenvalue weighted by atomic mass is 10.2. The summed E-state index contributed by atoms with van der Waals surface area (Å²) in [5.41, 5.74) is 2.08. The van der Waals surface area contributed by atoms with E-state index in [4.69, 9.17) is 9.47 Å². The summed E-state index contributed by atoms with van der Waals surface area (Å²) in [4.78, 5) is 28.7. The summed E-state index contributed by atoms with van der Waals surface area (Å²) >= 11 is 0. The van der Waals surface area contributed by atoms with Gasteiger partial charge in [-0.05, 0) is 23.3 Å². The second-order valence-corrected chi connectivity index (χ2v) is 6.93. The third-order valence-electron chi connectivity index (χ3n) is 5.00. The standard InChI is InChI=1S/C22H27N3O4/c1-28-19-9-8-18(14-20(19)29-2)15-23-21(26)22(27)25-12-10-24(11-13-25)16-17-6-4-3-5-7-17/h3-9,14H,10-13,15-16H2,1-2H3,(H,23,26). The first kappa shape index (κ1) is 20.7. The topological polar surface area (TPSA) is 71.1 Å². The van der Waals surface area contributed by atoms with Gasteiger partial charge < -0.3 is 19.7 Å². The van der Waals surface area contributed by atoms with Crippen LogP contribution in [0.4, 0.5) is 0 Å². The van der Waals surface area contributed by atoms with Crippen LogP contribution in [0.1, 0.15) is 11.1 Å². The van der Waals surface area contributed by atoms with Crippen LogP contribution in [0.3, 0.4) is 0 Å². The lowest BCUT2D eigenvalue weighted by molar-refractivity contribution is -0.147. The number of piperazine rings is 1. The van der Waals surface area contributed by atoms with Crippen LogP contribution >= 0.6 is 0 Å². The summed E-state index contributed by atoms with van der Waals surface area (Å²) in [5.74, 6) is 0.133. The van der Waals surface area contributed by atoms with Crippen molar-refractivity contribution >= 4 is 11.8 Å². The van der Waals surface area contributed by atoms with Crippen LogP contribution in [-0.2, 0) is 22.7 Å². The van der Waals surface area contributed by atoms with Crippen LogP contribution in [0.25, 0.3) is 0 Å². The van der Waals surface area contributed by atoms with Crippen molar-refractivity contribution in [3.8, 4) is 11.5 Å². The van der Waals surface area contributed by atoms with Crippen LogP contribution in [0.2, 0.25) is 0 Å². The smallest absolute Gasteiger partial charge is 0.311 e. The van der Waals surface area contributed by atoms with Crippen molar-refractivity contribution in [2.45, 2.75) is 13.1 Å². The van der Waals surface area contributed by atoms with Crippen molar-refractivity contribution in [2.24, 2.45) is 0 Å². The van der Waals surface area contributed by atoms with Crippen LogP contribution in [0.5, 0.6) is 11.5 Å². The molecule has 1 saturated heterocycles. The predicted octanol–water partition coefficient (Wildman–Crippen LogP) is 1.66. The van der Waals surface area contributed by atoms with E-state index in [0.717, 1.165) is 25.2 Å². The molecule has 1 aliphatic rings. The minimum absolute atomic E-state index is 0.249. The summed E-state index contributed by atoms with van der Waals surface area (Å²) in [6, 6.07) is 15.6. The van der Waals surface area contributed by atoms with E-state index in [1.807, 2.05) is 24.3 Å². The number of benzene rings is 2. The van der Waals surface area contributed by atoms with Gasteiger partial charge in [-0.1, -0.05) is 36.4 Å². The minimum atomic E-state index is -0.587. The van der Waals surface area contributed by atoms with Gasteiger partial charge in [-0.25, -0.2) is 0 Å². The number of amides is 2. The number of hydrogen-bond donors (Lipinski definition) is 1. The lowest BCUT2D eigenvalue weighted by Crippen LogP contribution is -2.52. The summed E-state index contributed by atoms with van der Waals surface area (Å²) in [7, 11) is 3.12. The molecular weight excluding hydrogens is 370 g/mol. The van der Waals surface area contributed by atoms with Gasteiger partial charge in [0.25, 0.3) is 0 Å². The van der Waals surface area contributed by atoms with Gasteiger partial charge in [0.2, 0.25) is 0 Å². The van der Waals surface area contributed by atoms with Gasteiger partial charge in [-0.3, -0.25) is 14.5 Å². The fourth-order valence-corrected chi connectivity index (χ4v) is 3.34. The molecule has 0 saturated carbocycles. The average Bonchev–Trinajstić information content (AvgIpc) is 2.78. The van der Waals surface area contributed by atoms with Gasteiger partial charge in [-0.15, -0.1) is 0 Å². The molecule has 7 heteroatoms. The van der Waals surface area contributed by atoms with Crippen LogP contribution in [0.15, 0.2) is 48.5 Å². The fraction of sp³-hybridized carbons (Fsp3) is 0.364. The van der Waals surface area contributed by atoms with E-state index in [1.165, 1.54) is 5.56 Å². The lowest BCUT2D eigenvalue weighted by Gasteiger charge is -2.34. The highest BCUT2D eigenvalue weighted by Crippen LogP contribution is 2.27. The quantitative estimate of drug-likeness (QED) is 0.751. The predicted molar refractivity (Wildman–Crippen MR) is 110 cm³/mol. The Balaban J connectivity index is 1.46. The molecule has 0 radical (unpaired) electrons. The Morgan fingerprint density at radius 1 is 0.897 bits per heavy atom. The van der Waals surface area contributed by atoms with Crippen molar-refractivity contribution in [2.75, 3.05) is 40.4 Å². The van der Waals surface area contributed by atoms with E-state index >= 15 is 0 Å². The second-order valence-electron chi connectivity index (χ2n) is 6.93. The van der Waals surface area contributed by atoms with E-state index in [-0.39, 0.29) is 6.54 Å². The van der Waals surface area contributed by atoms with Crippen molar-refractivity contribution in [1.29, 1.82) is 0 Å². The third kappa shape index (κ3) is 5.48. The number of rotatable bonds is 6. The minimum Gasteiger partial charge on any atom is -0.493 e. The van der Waals surface area contributed by atoms with Crippen LogP contribution < -0.4 is 14.8 Å². The first-order chi connectivity index (χ1) is 14.1. The summed E-state index contributed by atoms with van der Waals surface area (Å²) < 4.78 is 10.5. The molecule has 3 rings (SSSR count). The number of hydrogen-bond acceptors (Lipinski definition) is 5. The second kappa shape index (κ2) is 9.93. The monoisotopic (exact) mass is 397 g/mol. The molecule has 0 aromatic heterocycles.